The van der Waals surface area contributed by atoms with Gasteiger partial charge in [0.25, 0.3) is 0 Å². The molecule has 0 bridgehead atoms. The van der Waals surface area contributed by atoms with Crippen molar-refractivity contribution in [2.24, 2.45) is 5.41 Å². The maximum absolute atomic E-state index is 10.3. The Morgan fingerprint density at radius 3 is 1.06 bits per heavy atom. The number of carbonyl (C=O) groups is 2. The van der Waals surface area contributed by atoms with E-state index < -0.39 is 24.1 Å². The number of carboxylic acid groups (broad SMARTS) is 2. The van der Waals surface area contributed by atoms with E-state index in [4.69, 9.17) is 40.1 Å². The summed E-state index contributed by atoms with van der Waals surface area (Å²) in [6.07, 6.45) is -0.962. The number of hydrogen-bond donors (Lipinski definition) is 8. The van der Waals surface area contributed by atoms with Gasteiger partial charge in [0, 0.05) is 10.8 Å². The Morgan fingerprint density at radius 2 is 0.875 bits per heavy atom. The Bertz CT molecular complexity index is 1200. The van der Waals surface area contributed by atoms with E-state index in [9.17, 15) is 19.8 Å². The van der Waals surface area contributed by atoms with Gasteiger partial charge in [-0.1, -0.05) is 52.0 Å². The molecule has 0 aliphatic rings. The highest BCUT2D eigenvalue weighted by Crippen LogP contribution is 2.33. The molecular formula is C36H52O12. The Morgan fingerprint density at radius 1 is 0.583 bits per heavy atom. The molecule has 0 saturated carbocycles. The molecule has 2 unspecified atom stereocenters. The number of ether oxygens (including phenoxy) is 2. The molecule has 0 fully saturated rings. The van der Waals surface area contributed by atoms with Crippen LogP contribution in [-0.2, 0) is 5.41 Å². The number of benzene rings is 3. The van der Waals surface area contributed by atoms with E-state index in [1.54, 1.807) is 27.7 Å². The summed E-state index contributed by atoms with van der Waals surface area (Å²) < 4.78 is 11.0. The Labute approximate surface area is 282 Å². The SMILES string of the molecule is CC(C)(CO)CO.CC(O)COc1ccc(C(C)(C)c2ccc(OCC(C)O)cc2)cc1.O=C(O)c1ccc(C(=O)O)cc1.OCCO. The zero-order chi connectivity index (χ0) is 36.9. The molecule has 0 aliphatic heterocycles. The molecule has 0 saturated heterocycles. The van der Waals surface area contributed by atoms with Gasteiger partial charge in [0.15, 0.2) is 0 Å². The zero-order valence-electron chi connectivity index (χ0n) is 28.5. The molecular weight excluding hydrogens is 624 g/mol. The Kier molecular flexibility index (Phi) is 20.6. The van der Waals surface area contributed by atoms with Gasteiger partial charge in [-0.3, -0.25) is 0 Å². The van der Waals surface area contributed by atoms with Crippen molar-refractivity contribution in [3.8, 4) is 11.5 Å². The predicted molar refractivity (Wildman–Crippen MR) is 182 cm³/mol. The van der Waals surface area contributed by atoms with Crippen LogP contribution in [0.15, 0.2) is 72.8 Å². The largest absolute Gasteiger partial charge is 0.491 e. The monoisotopic (exact) mass is 676 g/mol. The van der Waals surface area contributed by atoms with Crippen LogP contribution in [0.1, 0.15) is 73.4 Å². The van der Waals surface area contributed by atoms with Crippen molar-refractivity contribution in [3.63, 3.8) is 0 Å². The molecule has 8 N–H and O–H groups in total. The Balaban J connectivity index is 0.000000789. The second-order valence-electron chi connectivity index (χ2n) is 12.1. The molecule has 3 rings (SSSR count). The third-order valence-corrected chi connectivity index (χ3v) is 6.47. The highest BCUT2D eigenvalue weighted by atomic mass is 16.5. The lowest BCUT2D eigenvalue weighted by Gasteiger charge is -2.26. The molecule has 12 heteroatoms. The second kappa shape index (κ2) is 22.5. The van der Waals surface area contributed by atoms with Crippen LogP contribution in [0.4, 0.5) is 0 Å². The van der Waals surface area contributed by atoms with E-state index in [2.05, 4.69) is 38.1 Å². The van der Waals surface area contributed by atoms with Gasteiger partial charge >= 0.3 is 11.9 Å². The van der Waals surface area contributed by atoms with E-state index in [-0.39, 0.29) is 61.6 Å². The highest BCUT2D eigenvalue weighted by molar-refractivity contribution is 5.91. The van der Waals surface area contributed by atoms with E-state index in [1.165, 1.54) is 35.4 Å². The first kappa shape index (κ1) is 44.0. The smallest absolute Gasteiger partial charge is 0.335 e. The van der Waals surface area contributed by atoms with Crippen molar-refractivity contribution >= 4 is 11.9 Å². The lowest BCUT2D eigenvalue weighted by molar-refractivity contribution is 0.0681. The molecule has 268 valence electrons. The molecule has 0 aromatic heterocycles. The van der Waals surface area contributed by atoms with Crippen LogP contribution in [0.2, 0.25) is 0 Å². The van der Waals surface area contributed by atoms with Crippen LogP contribution in [0.3, 0.4) is 0 Å². The average molecular weight is 677 g/mol. The van der Waals surface area contributed by atoms with Gasteiger partial charge in [-0.25, -0.2) is 9.59 Å². The predicted octanol–water partition coefficient (Wildman–Crippen LogP) is 3.58. The van der Waals surface area contributed by atoms with E-state index in [0.717, 1.165) is 11.5 Å². The molecule has 0 heterocycles. The normalized spacial score (nSPS) is 12.0. The first-order chi connectivity index (χ1) is 22.4. The standard InChI is InChI=1S/C21H28O4.C8H6O4.C5H12O2.C2H6O2/c1-15(22)13-24-19-9-5-17(6-10-19)21(3,4)18-7-11-20(12-8-18)25-14-16(2)23;9-7(10)5-1-2-6(4-3-5)8(11)12;1-5(2,3-6)4-7;3-1-2-4/h5-12,15-16,22-23H,13-14H2,1-4H3;1-4H,(H,9,10)(H,11,12);6-7H,3-4H2,1-2H3;3-4H,1-2H2. The number of aliphatic hydroxyl groups excluding tert-OH is 6. The maximum Gasteiger partial charge on any atom is 0.335 e. The number of aliphatic hydroxyl groups is 6. The van der Waals surface area contributed by atoms with Gasteiger partial charge in [-0.15, -0.1) is 0 Å². The first-order valence-electron chi connectivity index (χ1n) is 15.3. The lowest BCUT2D eigenvalue weighted by Crippen LogP contribution is -2.20. The topological polar surface area (TPSA) is 214 Å². The van der Waals surface area contributed by atoms with Gasteiger partial charge in [-0.2, -0.15) is 0 Å². The summed E-state index contributed by atoms with van der Waals surface area (Å²) in [6, 6.07) is 20.9. The number of rotatable bonds is 13. The van der Waals surface area contributed by atoms with Gasteiger partial charge < -0.3 is 50.3 Å². The minimum Gasteiger partial charge on any atom is -0.491 e. The number of aromatic carboxylic acids is 2. The fourth-order valence-corrected chi connectivity index (χ4v) is 3.34. The molecule has 2 atom stereocenters. The van der Waals surface area contributed by atoms with Crippen LogP contribution >= 0.6 is 0 Å². The summed E-state index contributed by atoms with van der Waals surface area (Å²) in [7, 11) is 0. The summed E-state index contributed by atoms with van der Waals surface area (Å²) in [5, 5.41) is 67.6. The van der Waals surface area contributed by atoms with Crippen molar-refractivity contribution in [2.45, 2.75) is 59.2 Å². The molecule has 0 amide bonds. The van der Waals surface area contributed by atoms with Crippen molar-refractivity contribution in [3.05, 3.63) is 95.1 Å². The second-order valence-corrected chi connectivity index (χ2v) is 12.1. The molecule has 0 spiro atoms. The van der Waals surface area contributed by atoms with Crippen LogP contribution in [0, 0.1) is 5.41 Å². The van der Waals surface area contributed by atoms with E-state index in [1.807, 2.05) is 24.3 Å². The molecule has 3 aromatic rings. The van der Waals surface area contributed by atoms with Crippen LogP contribution in [-0.4, -0.2) is 105 Å². The minimum atomic E-state index is -1.06. The highest BCUT2D eigenvalue weighted by Gasteiger charge is 2.23. The summed E-state index contributed by atoms with van der Waals surface area (Å²) in [5.41, 5.74) is 2.05. The van der Waals surface area contributed by atoms with Crippen molar-refractivity contribution in [2.75, 3.05) is 39.6 Å². The lowest BCUT2D eigenvalue weighted by atomic mass is 9.78. The van der Waals surface area contributed by atoms with E-state index in [0.29, 0.717) is 0 Å². The van der Waals surface area contributed by atoms with Crippen LogP contribution in [0.5, 0.6) is 11.5 Å². The Hall–Kier alpha value is -4.04. The summed E-state index contributed by atoms with van der Waals surface area (Å²) in [5.74, 6) is -0.622. The molecule has 48 heavy (non-hydrogen) atoms. The van der Waals surface area contributed by atoms with Crippen LogP contribution < -0.4 is 9.47 Å². The molecule has 12 nitrogen and oxygen atoms in total. The third kappa shape index (κ3) is 17.8. The quantitative estimate of drug-likeness (QED) is 0.130. The van der Waals surface area contributed by atoms with Crippen molar-refractivity contribution < 1.29 is 59.9 Å². The first-order valence-corrected chi connectivity index (χ1v) is 15.3. The minimum absolute atomic E-state index is 0.0451. The average Bonchev–Trinajstić information content (AvgIpc) is 3.07. The maximum atomic E-state index is 10.3. The van der Waals surface area contributed by atoms with E-state index >= 15 is 0 Å². The van der Waals surface area contributed by atoms with Gasteiger partial charge in [-0.05, 0) is 73.5 Å². The fraction of sp³-hybridized carbons (Fsp3) is 0.444. The molecule has 0 radical (unpaired) electrons. The van der Waals surface area contributed by atoms with Crippen molar-refractivity contribution in [1.29, 1.82) is 0 Å². The van der Waals surface area contributed by atoms with Crippen molar-refractivity contribution in [1.82, 2.24) is 0 Å². The fourth-order valence-electron chi connectivity index (χ4n) is 3.34. The van der Waals surface area contributed by atoms with Gasteiger partial charge in [0.2, 0.25) is 0 Å². The molecule has 0 aliphatic carbocycles. The third-order valence-electron chi connectivity index (χ3n) is 6.47. The molecule has 3 aromatic carbocycles. The summed E-state index contributed by atoms with van der Waals surface area (Å²) >= 11 is 0. The van der Waals surface area contributed by atoms with Gasteiger partial charge in [0.05, 0.1) is 49.8 Å². The number of hydrogen-bond acceptors (Lipinski definition) is 10. The zero-order valence-corrected chi connectivity index (χ0v) is 28.5. The summed E-state index contributed by atoms with van der Waals surface area (Å²) in [6.45, 7) is 11.8. The van der Waals surface area contributed by atoms with Gasteiger partial charge in [0.1, 0.15) is 24.7 Å². The number of carboxylic acids is 2. The summed E-state index contributed by atoms with van der Waals surface area (Å²) in [4.78, 5) is 20.7. The van der Waals surface area contributed by atoms with Crippen LogP contribution in [0.25, 0.3) is 0 Å².